The first-order chi connectivity index (χ1) is 5.20. The first-order valence-corrected chi connectivity index (χ1v) is 3.77. The van der Waals surface area contributed by atoms with E-state index in [0.29, 0.717) is 6.42 Å². The van der Waals surface area contributed by atoms with Crippen molar-refractivity contribution in [1.82, 2.24) is 0 Å². The number of hydrogen-bond donors (Lipinski definition) is 1. The molecule has 0 amide bonds. The highest BCUT2D eigenvalue weighted by molar-refractivity contribution is 5.90. The van der Waals surface area contributed by atoms with Gasteiger partial charge in [0.05, 0.1) is 0 Å². The number of hydrogen-bond acceptors (Lipinski definition) is 2. The summed E-state index contributed by atoms with van der Waals surface area (Å²) in [6.07, 6.45) is 5.75. The van der Waals surface area contributed by atoms with Crippen LogP contribution in [-0.4, -0.2) is 10.9 Å². The van der Waals surface area contributed by atoms with Crippen molar-refractivity contribution in [2.45, 2.75) is 26.7 Å². The summed E-state index contributed by atoms with van der Waals surface area (Å²) in [6, 6.07) is 0. The Hall–Kier alpha value is -1.05. The summed E-state index contributed by atoms with van der Waals surface area (Å²) in [5.74, 6) is 0.00838. The van der Waals surface area contributed by atoms with Crippen LogP contribution in [0.5, 0.6) is 0 Å². The maximum atomic E-state index is 10.9. The maximum absolute atomic E-state index is 10.9. The number of ketones is 1. The summed E-state index contributed by atoms with van der Waals surface area (Å²) < 4.78 is 0. The molecule has 2 heteroatoms. The number of allylic oxidation sites excluding steroid dienone is 3. The lowest BCUT2D eigenvalue weighted by molar-refractivity contribution is -0.114. The summed E-state index contributed by atoms with van der Waals surface area (Å²) in [5, 5.41) is 9.00. The third-order valence-corrected chi connectivity index (χ3v) is 1.14. The lowest BCUT2D eigenvalue weighted by Crippen LogP contribution is -1.92. The standard InChI is InChI=1S/C9H14O2/c1-3-5-8(10)7-9(11)6-4-2/h3,5,7,10H,4,6H2,1-2H3/b5-3+,8-7+. The van der Waals surface area contributed by atoms with E-state index in [0.717, 1.165) is 6.42 Å². The predicted octanol–water partition coefficient (Wildman–Crippen LogP) is 2.37. The molecular formula is C9H14O2. The van der Waals surface area contributed by atoms with Crippen LogP contribution in [0.3, 0.4) is 0 Å². The summed E-state index contributed by atoms with van der Waals surface area (Å²) in [4.78, 5) is 10.9. The highest BCUT2D eigenvalue weighted by Gasteiger charge is 1.95. The Bertz CT molecular complexity index is 178. The van der Waals surface area contributed by atoms with Gasteiger partial charge in [-0.3, -0.25) is 4.79 Å². The van der Waals surface area contributed by atoms with Crippen LogP contribution in [0.1, 0.15) is 26.7 Å². The molecule has 0 heterocycles. The van der Waals surface area contributed by atoms with Crippen LogP contribution in [0, 0.1) is 0 Å². The summed E-state index contributed by atoms with van der Waals surface area (Å²) in [7, 11) is 0. The molecular weight excluding hydrogens is 140 g/mol. The summed E-state index contributed by atoms with van der Waals surface area (Å²) in [6.45, 7) is 3.72. The van der Waals surface area contributed by atoms with E-state index in [-0.39, 0.29) is 11.5 Å². The van der Waals surface area contributed by atoms with Crippen molar-refractivity contribution in [3.05, 3.63) is 24.0 Å². The first-order valence-electron chi connectivity index (χ1n) is 3.77. The average Bonchev–Trinajstić information content (AvgIpc) is 1.87. The van der Waals surface area contributed by atoms with Gasteiger partial charge < -0.3 is 5.11 Å². The van der Waals surface area contributed by atoms with Crippen molar-refractivity contribution >= 4 is 5.78 Å². The molecule has 0 aromatic rings. The quantitative estimate of drug-likeness (QED) is 0.383. The summed E-state index contributed by atoms with van der Waals surface area (Å²) in [5.41, 5.74) is 0. The van der Waals surface area contributed by atoms with Gasteiger partial charge in [0.25, 0.3) is 0 Å². The van der Waals surface area contributed by atoms with Gasteiger partial charge in [-0.15, -0.1) is 0 Å². The molecule has 0 aromatic carbocycles. The topological polar surface area (TPSA) is 37.3 Å². The van der Waals surface area contributed by atoms with E-state index in [2.05, 4.69) is 0 Å². The molecule has 0 radical (unpaired) electrons. The zero-order chi connectivity index (χ0) is 8.69. The van der Waals surface area contributed by atoms with Crippen molar-refractivity contribution in [2.75, 3.05) is 0 Å². The monoisotopic (exact) mass is 154 g/mol. The molecule has 0 aliphatic rings. The minimum atomic E-state index is -0.0249. The Morgan fingerprint density at radius 2 is 2.18 bits per heavy atom. The van der Waals surface area contributed by atoms with Crippen LogP contribution in [0.2, 0.25) is 0 Å². The molecule has 0 rings (SSSR count). The van der Waals surface area contributed by atoms with Gasteiger partial charge in [-0.05, 0) is 19.4 Å². The second-order valence-electron chi connectivity index (χ2n) is 2.29. The van der Waals surface area contributed by atoms with Crippen LogP contribution in [0.25, 0.3) is 0 Å². The first kappa shape index (κ1) is 9.95. The Morgan fingerprint density at radius 1 is 1.55 bits per heavy atom. The van der Waals surface area contributed by atoms with Crippen molar-refractivity contribution in [2.24, 2.45) is 0 Å². The molecule has 0 saturated carbocycles. The van der Waals surface area contributed by atoms with E-state index < -0.39 is 0 Å². The Kier molecular flexibility index (Phi) is 5.17. The van der Waals surface area contributed by atoms with E-state index >= 15 is 0 Å². The lowest BCUT2D eigenvalue weighted by Gasteiger charge is -1.90. The fourth-order valence-corrected chi connectivity index (χ4v) is 0.702. The van der Waals surface area contributed by atoms with E-state index in [1.807, 2.05) is 6.92 Å². The molecule has 0 aliphatic carbocycles. The second kappa shape index (κ2) is 5.71. The molecule has 0 aliphatic heterocycles. The van der Waals surface area contributed by atoms with Crippen LogP contribution < -0.4 is 0 Å². The number of aliphatic hydroxyl groups excluding tert-OH is 1. The van der Waals surface area contributed by atoms with Gasteiger partial charge in [0.15, 0.2) is 5.78 Å². The lowest BCUT2D eigenvalue weighted by atomic mass is 10.2. The minimum absolute atomic E-state index is 0.0249. The molecule has 2 nitrogen and oxygen atoms in total. The van der Waals surface area contributed by atoms with Gasteiger partial charge in [-0.25, -0.2) is 0 Å². The zero-order valence-corrected chi connectivity index (χ0v) is 7.00. The van der Waals surface area contributed by atoms with Gasteiger partial charge in [0, 0.05) is 12.5 Å². The molecule has 1 N–H and O–H groups in total. The molecule has 11 heavy (non-hydrogen) atoms. The smallest absolute Gasteiger partial charge is 0.159 e. The third-order valence-electron chi connectivity index (χ3n) is 1.14. The molecule has 62 valence electrons. The molecule has 0 saturated heterocycles. The number of aliphatic hydroxyl groups is 1. The number of carbonyl (C=O) groups excluding carboxylic acids is 1. The van der Waals surface area contributed by atoms with Crippen LogP contribution in [0.4, 0.5) is 0 Å². The van der Waals surface area contributed by atoms with Crippen LogP contribution >= 0.6 is 0 Å². The molecule has 0 bridgehead atoms. The van der Waals surface area contributed by atoms with Gasteiger partial charge in [-0.1, -0.05) is 13.0 Å². The van der Waals surface area contributed by atoms with E-state index in [4.69, 9.17) is 5.11 Å². The molecule has 0 atom stereocenters. The largest absolute Gasteiger partial charge is 0.508 e. The van der Waals surface area contributed by atoms with Crippen molar-refractivity contribution in [3.8, 4) is 0 Å². The fraction of sp³-hybridized carbons (Fsp3) is 0.444. The van der Waals surface area contributed by atoms with Gasteiger partial charge in [0.2, 0.25) is 0 Å². The Morgan fingerprint density at radius 3 is 2.64 bits per heavy atom. The van der Waals surface area contributed by atoms with E-state index in [1.54, 1.807) is 13.0 Å². The van der Waals surface area contributed by atoms with E-state index in [9.17, 15) is 4.79 Å². The molecule has 0 unspecified atom stereocenters. The van der Waals surface area contributed by atoms with Crippen LogP contribution in [-0.2, 0) is 4.79 Å². The van der Waals surface area contributed by atoms with Gasteiger partial charge >= 0.3 is 0 Å². The molecule has 0 spiro atoms. The molecule has 0 aromatic heterocycles. The zero-order valence-electron chi connectivity index (χ0n) is 7.00. The highest BCUT2D eigenvalue weighted by Crippen LogP contribution is 1.96. The van der Waals surface area contributed by atoms with Crippen molar-refractivity contribution in [1.29, 1.82) is 0 Å². The Labute approximate surface area is 67.2 Å². The highest BCUT2D eigenvalue weighted by atomic mass is 16.3. The fourth-order valence-electron chi connectivity index (χ4n) is 0.702. The second-order valence-corrected chi connectivity index (χ2v) is 2.29. The summed E-state index contributed by atoms with van der Waals surface area (Å²) >= 11 is 0. The SMILES string of the molecule is C/C=C/C(O)=C\C(=O)CCC. The minimum Gasteiger partial charge on any atom is -0.508 e. The van der Waals surface area contributed by atoms with Gasteiger partial charge in [-0.2, -0.15) is 0 Å². The number of rotatable bonds is 4. The third kappa shape index (κ3) is 5.40. The molecule has 0 fully saturated rings. The maximum Gasteiger partial charge on any atom is 0.159 e. The van der Waals surface area contributed by atoms with Gasteiger partial charge in [0.1, 0.15) is 5.76 Å². The van der Waals surface area contributed by atoms with Crippen molar-refractivity contribution in [3.63, 3.8) is 0 Å². The predicted molar refractivity (Wildman–Crippen MR) is 45.4 cm³/mol. The van der Waals surface area contributed by atoms with E-state index in [1.165, 1.54) is 12.2 Å². The van der Waals surface area contributed by atoms with Crippen molar-refractivity contribution < 1.29 is 9.90 Å². The normalized spacial score (nSPS) is 12.4. The Balaban J connectivity index is 3.96. The van der Waals surface area contributed by atoms with Crippen LogP contribution in [0.15, 0.2) is 24.0 Å². The average molecular weight is 154 g/mol. The number of carbonyl (C=O) groups is 1.